The lowest BCUT2D eigenvalue weighted by Crippen LogP contribution is -2.30. The molecule has 0 saturated carbocycles. The molecule has 1 rings (SSSR count). The zero-order valence-corrected chi connectivity index (χ0v) is 8.21. The van der Waals surface area contributed by atoms with Gasteiger partial charge < -0.3 is 5.73 Å². The average Bonchev–Trinajstić information content (AvgIpc) is 2.51. The third-order valence-electron chi connectivity index (χ3n) is 1.70. The molecule has 0 spiro atoms. The molecule has 0 aliphatic heterocycles. The molecule has 15 heavy (non-hydrogen) atoms. The van der Waals surface area contributed by atoms with Crippen molar-refractivity contribution in [2.75, 3.05) is 0 Å². The molecule has 2 N–H and O–H groups in total. The molecule has 0 aliphatic carbocycles. The minimum absolute atomic E-state index is 0.218. The number of hydrogen-bond donors (Lipinski definition) is 1. The molecule has 0 saturated heterocycles. The smallest absolute Gasteiger partial charge is 0.323 e. The fourth-order valence-corrected chi connectivity index (χ4v) is 1.91. The molecule has 0 aliphatic rings. The number of hydrogen-bond acceptors (Lipinski definition) is 2. The Kier molecular flexibility index (Phi) is 3.67. The highest BCUT2D eigenvalue weighted by atomic mass is 32.1. The maximum absolute atomic E-state index is 12.1. The van der Waals surface area contributed by atoms with Gasteiger partial charge in [0.05, 0.1) is 6.04 Å². The molecule has 1 aromatic heterocycles. The van der Waals surface area contributed by atoms with E-state index in [-0.39, 0.29) is 11.3 Å². The zero-order valence-electron chi connectivity index (χ0n) is 7.39. The summed E-state index contributed by atoms with van der Waals surface area (Å²) in [6.45, 7) is 0. The van der Waals surface area contributed by atoms with E-state index in [4.69, 9.17) is 5.73 Å². The molecule has 7 heteroatoms. The Morgan fingerprint density at radius 1 is 1.27 bits per heavy atom. The van der Waals surface area contributed by atoms with Crippen LogP contribution in [0.1, 0.15) is 9.75 Å². The molecule has 0 fully saturated rings. The summed E-state index contributed by atoms with van der Waals surface area (Å²) in [6.07, 6.45) is -7.38. The Morgan fingerprint density at radius 2 is 1.87 bits per heavy atom. The predicted molar refractivity (Wildman–Crippen MR) is 47.0 cm³/mol. The molecule has 1 unspecified atom stereocenters. The van der Waals surface area contributed by atoms with Crippen molar-refractivity contribution in [3.05, 3.63) is 21.9 Å². The molecule has 86 valence electrons. The lowest BCUT2D eigenvalue weighted by molar-refractivity contribution is -0.134. The summed E-state index contributed by atoms with van der Waals surface area (Å²) in [7, 11) is 0. The van der Waals surface area contributed by atoms with Crippen LogP contribution >= 0.6 is 11.3 Å². The van der Waals surface area contributed by atoms with E-state index in [1.807, 2.05) is 0 Å². The highest BCUT2D eigenvalue weighted by Crippen LogP contribution is 2.34. The summed E-state index contributed by atoms with van der Waals surface area (Å²) in [5.41, 5.74) is 5.04. The largest absolute Gasteiger partial charge is 0.425 e. The van der Waals surface area contributed by atoms with Crippen LogP contribution in [-0.4, -0.2) is 12.5 Å². The topological polar surface area (TPSA) is 26.0 Å². The second kappa shape index (κ2) is 4.44. The van der Waals surface area contributed by atoms with E-state index in [0.717, 1.165) is 6.07 Å². The van der Waals surface area contributed by atoms with Gasteiger partial charge >= 0.3 is 6.18 Å². The molecule has 0 bridgehead atoms. The van der Waals surface area contributed by atoms with Gasteiger partial charge in [-0.15, -0.1) is 11.3 Å². The van der Waals surface area contributed by atoms with Crippen LogP contribution in [0, 0.1) is 0 Å². The first-order valence-corrected chi connectivity index (χ1v) is 4.82. The zero-order chi connectivity index (χ0) is 11.6. The number of rotatable bonds is 3. The van der Waals surface area contributed by atoms with Gasteiger partial charge in [-0.3, -0.25) is 0 Å². The third kappa shape index (κ3) is 3.42. The first kappa shape index (κ1) is 12.4. The average molecular weight is 245 g/mol. The van der Waals surface area contributed by atoms with Gasteiger partial charge in [-0.25, -0.2) is 8.78 Å². The molecular formula is C8H8F5NS. The van der Waals surface area contributed by atoms with Crippen molar-refractivity contribution < 1.29 is 22.0 Å². The quantitative estimate of drug-likeness (QED) is 0.814. The van der Waals surface area contributed by atoms with Crippen molar-refractivity contribution in [1.82, 2.24) is 0 Å². The van der Waals surface area contributed by atoms with E-state index in [2.05, 4.69) is 0 Å². The van der Waals surface area contributed by atoms with Crippen LogP contribution < -0.4 is 5.73 Å². The fourth-order valence-electron chi connectivity index (χ4n) is 0.961. The van der Waals surface area contributed by atoms with Gasteiger partial charge in [-0.1, -0.05) is 0 Å². The first-order chi connectivity index (χ1) is 6.80. The number of alkyl halides is 5. The predicted octanol–water partition coefficient (Wildman–Crippen LogP) is 2.90. The minimum atomic E-state index is -4.42. The SMILES string of the molecule is NC(Cc1ccc(C(F)(F)F)s1)C(F)F. The van der Waals surface area contributed by atoms with Crippen LogP contribution in [0.2, 0.25) is 0 Å². The van der Waals surface area contributed by atoms with Crippen LogP contribution in [0.4, 0.5) is 22.0 Å². The highest BCUT2D eigenvalue weighted by Gasteiger charge is 2.32. The second-order valence-corrected chi connectivity index (χ2v) is 4.13. The Morgan fingerprint density at radius 3 is 2.27 bits per heavy atom. The van der Waals surface area contributed by atoms with Crippen LogP contribution in [0.25, 0.3) is 0 Å². The van der Waals surface area contributed by atoms with Crippen molar-refractivity contribution in [1.29, 1.82) is 0 Å². The van der Waals surface area contributed by atoms with Gasteiger partial charge in [0.2, 0.25) is 0 Å². The second-order valence-electron chi connectivity index (χ2n) is 2.97. The molecule has 0 aromatic carbocycles. The van der Waals surface area contributed by atoms with Gasteiger partial charge in [-0.2, -0.15) is 13.2 Å². The first-order valence-electron chi connectivity index (χ1n) is 4.00. The van der Waals surface area contributed by atoms with E-state index in [1.165, 1.54) is 6.07 Å². The Labute approximate surface area is 86.7 Å². The monoisotopic (exact) mass is 245 g/mol. The molecule has 1 heterocycles. The van der Waals surface area contributed by atoms with Gasteiger partial charge in [0.15, 0.2) is 0 Å². The number of thiophene rings is 1. The van der Waals surface area contributed by atoms with Crippen molar-refractivity contribution in [2.24, 2.45) is 5.73 Å². The summed E-state index contributed by atoms with van der Waals surface area (Å²) < 4.78 is 60.4. The molecule has 0 radical (unpaired) electrons. The Bertz CT molecular complexity index is 319. The Balaban J connectivity index is 2.69. The third-order valence-corrected chi connectivity index (χ3v) is 2.85. The van der Waals surface area contributed by atoms with Crippen molar-refractivity contribution in [3.8, 4) is 0 Å². The molecule has 1 nitrogen and oxygen atoms in total. The lowest BCUT2D eigenvalue weighted by atomic mass is 10.2. The summed E-state index contributed by atoms with van der Waals surface area (Å²) in [6, 6.07) is 0.637. The van der Waals surface area contributed by atoms with Crippen molar-refractivity contribution in [2.45, 2.75) is 25.1 Å². The van der Waals surface area contributed by atoms with Gasteiger partial charge in [0.25, 0.3) is 6.43 Å². The number of halogens is 5. The summed E-state index contributed by atoms with van der Waals surface area (Å²) >= 11 is 0.447. The summed E-state index contributed by atoms with van der Waals surface area (Å²) in [4.78, 5) is -0.575. The Hall–Kier alpha value is -0.690. The lowest BCUT2D eigenvalue weighted by Gasteiger charge is -2.07. The van der Waals surface area contributed by atoms with Crippen molar-refractivity contribution >= 4 is 11.3 Å². The molecule has 0 amide bonds. The van der Waals surface area contributed by atoms with E-state index in [9.17, 15) is 22.0 Å². The van der Waals surface area contributed by atoms with E-state index < -0.39 is 23.5 Å². The maximum Gasteiger partial charge on any atom is 0.425 e. The van der Waals surface area contributed by atoms with Crippen molar-refractivity contribution in [3.63, 3.8) is 0 Å². The summed E-state index contributed by atoms with van der Waals surface area (Å²) in [5.74, 6) is 0. The van der Waals surface area contributed by atoms with Crippen LogP contribution in [0.5, 0.6) is 0 Å². The standard InChI is InChI=1S/C8H8F5NS/c9-7(10)5(14)3-4-1-2-6(15-4)8(11,12)13/h1-2,5,7H,3,14H2. The number of nitrogens with two attached hydrogens (primary N) is 1. The van der Waals surface area contributed by atoms with Gasteiger partial charge in [0.1, 0.15) is 4.88 Å². The molecule has 1 aromatic rings. The molecular weight excluding hydrogens is 237 g/mol. The minimum Gasteiger partial charge on any atom is -0.323 e. The molecule has 1 atom stereocenters. The fraction of sp³-hybridized carbons (Fsp3) is 0.500. The van der Waals surface area contributed by atoms with Gasteiger partial charge in [-0.05, 0) is 12.1 Å². The summed E-state index contributed by atoms with van der Waals surface area (Å²) in [5, 5.41) is 0. The van der Waals surface area contributed by atoms with E-state index in [1.54, 1.807) is 0 Å². The van der Waals surface area contributed by atoms with E-state index >= 15 is 0 Å². The van der Waals surface area contributed by atoms with Gasteiger partial charge in [0, 0.05) is 11.3 Å². The van der Waals surface area contributed by atoms with Crippen LogP contribution in [-0.2, 0) is 12.6 Å². The van der Waals surface area contributed by atoms with Crippen LogP contribution in [0.3, 0.4) is 0 Å². The normalized spacial score (nSPS) is 14.6. The maximum atomic E-state index is 12.1. The van der Waals surface area contributed by atoms with Crippen LogP contribution in [0.15, 0.2) is 12.1 Å². The van der Waals surface area contributed by atoms with E-state index in [0.29, 0.717) is 11.3 Å². The highest BCUT2D eigenvalue weighted by molar-refractivity contribution is 7.12.